The summed E-state index contributed by atoms with van der Waals surface area (Å²) in [5.41, 5.74) is 1.76. The summed E-state index contributed by atoms with van der Waals surface area (Å²) in [4.78, 5) is 23.7. The van der Waals surface area contributed by atoms with Crippen LogP contribution in [0.4, 0.5) is 11.4 Å². The molecular formula is C18H18Cl2N2O3. The van der Waals surface area contributed by atoms with E-state index in [0.717, 1.165) is 12.1 Å². The fourth-order valence-electron chi connectivity index (χ4n) is 1.96. The van der Waals surface area contributed by atoms with Gasteiger partial charge in [-0.2, -0.15) is 0 Å². The number of hydrogen-bond donors (Lipinski definition) is 2. The average Bonchev–Trinajstić information content (AvgIpc) is 2.61. The van der Waals surface area contributed by atoms with Gasteiger partial charge in [-0.1, -0.05) is 30.1 Å². The largest absolute Gasteiger partial charge is 0.462 e. The van der Waals surface area contributed by atoms with Crippen LogP contribution in [0, 0.1) is 0 Å². The Balaban J connectivity index is 1.85. The van der Waals surface area contributed by atoms with Gasteiger partial charge in [0.15, 0.2) is 0 Å². The van der Waals surface area contributed by atoms with Crippen LogP contribution >= 0.6 is 23.2 Å². The molecule has 2 aromatic carbocycles. The van der Waals surface area contributed by atoms with Crippen molar-refractivity contribution in [1.29, 1.82) is 0 Å². The maximum atomic E-state index is 12.0. The summed E-state index contributed by atoms with van der Waals surface area (Å²) in [5.74, 6) is -0.587. The first-order chi connectivity index (χ1) is 12.0. The molecule has 7 heteroatoms. The number of hydrogen-bond acceptors (Lipinski definition) is 4. The molecule has 0 aliphatic carbocycles. The monoisotopic (exact) mass is 380 g/mol. The van der Waals surface area contributed by atoms with Crippen molar-refractivity contribution in [3.63, 3.8) is 0 Å². The minimum atomic E-state index is -0.356. The van der Waals surface area contributed by atoms with E-state index in [2.05, 4.69) is 10.6 Å². The third-order valence-corrected chi connectivity index (χ3v) is 3.95. The van der Waals surface area contributed by atoms with Crippen LogP contribution in [0.15, 0.2) is 42.5 Å². The number of halogens is 2. The van der Waals surface area contributed by atoms with Crippen molar-refractivity contribution in [3.05, 3.63) is 58.1 Å². The summed E-state index contributed by atoms with van der Waals surface area (Å²) in [6.07, 6.45) is 0.777. The SMILES string of the molecule is CCCOC(=O)c1ccc(NCC(=O)Nc2ccc(Cl)c(Cl)c2)cc1. The molecule has 132 valence electrons. The summed E-state index contributed by atoms with van der Waals surface area (Å²) in [5, 5.41) is 6.49. The van der Waals surface area contributed by atoms with Crippen LogP contribution in [0.1, 0.15) is 23.7 Å². The minimum absolute atomic E-state index is 0.0693. The van der Waals surface area contributed by atoms with Crippen molar-refractivity contribution in [1.82, 2.24) is 0 Å². The molecule has 2 rings (SSSR count). The Kier molecular flexibility index (Phi) is 7.10. The number of carbonyl (C=O) groups is 2. The first kappa shape index (κ1) is 19.1. The lowest BCUT2D eigenvalue weighted by molar-refractivity contribution is -0.114. The molecule has 0 heterocycles. The second-order valence-electron chi connectivity index (χ2n) is 5.24. The standard InChI is InChI=1S/C18H18Cl2N2O3/c1-2-9-25-18(24)12-3-5-13(6-4-12)21-11-17(23)22-14-7-8-15(19)16(20)10-14/h3-8,10,21H,2,9,11H2,1H3,(H,22,23). The zero-order valence-corrected chi connectivity index (χ0v) is 15.2. The van der Waals surface area contributed by atoms with Gasteiger partial charge in [-0.15, -0.1) is 0 Å². The molecule has 2 N–H and O–H groups in total. The minimum Gasteiger partial charge on any atom is -0.462 e. The molecule has 0 saturated carbocycles. The highest BCUT2D eigenvalue weighted by atomic mass is 35.5. The van der Waals surface area contributed by atoms with Crippen LogP contribution in [-0.2, 0) is 9.53 Å². The maximum absolute atomic E-state index is 12.0. The average molecular weight is 381 g/mol. The number of amides is 1. The summed E-state index contributed by atoms with van der Waals surface area (Å²) in [6.45, 7) is 2.40. The van der Waals surface area contributed by atoms with Crippen LogP contribution in [0.2, 0.25) is 10.0 Å². The van der Waals surface area contributed by atoms with Crippen LogP contribution in [0.25, 0.3) is 0 Å². The van der Waals surface area contributed by atoms with E-state index < -0.39 is 0 Å². The second-order valence-corrected chi connectivity index (χ2v) is 6.06. The van der Waals surface area contributed by atoms with Crippen LogP contribution in [0.3, 0.4) is 0 Å². The number of benzene rings is 2. The predicted octanol–water partition coefficient (Wildman–Crippen LogP) is 4.61. The van der Waals surface area contributed by atoms with Crippen molar-refractivity contribution < 1.29 is 14.3 Å². The predicted molar refractivity (Wildman–Crippen MR) is 101 cm³/mol. The van der Waals surface area contributed by atoms with E-state index in [1.807, 2.05) is 6.92 Å². The van der Waals surface area contributed by atoms with Crippen LogP contribution in [0.5, 0.6) is 0 Å². The van der Waals surface area contributed by atoms with Gasteiger partial charge in [0.1, 0.15) is 0 Å². The van der Waals surface area contributed by atoms with E-state index in [1.54, 1.807) is 42.5 Å². The van der Waals surface area contributed by atoms with E-state index in [0.29, 0.717) is 27.9 Å². The van der Waals surface area contributed by atoms with Crippen molar-refractivity contribution in [2.45, 2.75) is 13.3 Å². The molecule has 0 atom stereocenters. The van der Waals surface area contributed by atoms with Crippen molar-refractivity contribution in [2.75, 3.05) is 23.8 Å². The molecule has 0 unspecified atom stereocenters. The highest BCUT2D eigenvalue weighted by molar-refractivity contribution is 6.42. The van der Waals surface area contributed by atoms with Crippen molar-refractivity contribution >= 4 is 46.5 Å². The summed E-state index contributed by atoms with van der Waals surface area (Å²) >= 11 is 11.7. The van der Waals surface area contributed by atoms with Crippen molar-refractivity contribution in [2.24, 2.45) is 0 Å². The Bertz CT molecular complexity index is 748. The number of ether oxygens (including phenoxy) is 1. The van der Waals surface area contributed by atoms with Gasteiger partial charge < -0.3 is 15.4 Å². The van der Waals surface area contributed by atoms with Crippen molar-refractivity contribution in [3.8, 4) is 0 Å². The normalized spacial score (nSPS) is 10.2. The fourth-order valence-corrected chi connectivity index (χ4v) is 2.26. The summed E-state index contributed by atoms with van der Waals surface area (Å²) in [6, 6.07) is 11.6. The molecular weight excluding hydrogens is 363 g/mol. The molecule has 0 spiro atoms. The lowest BCUT2D eigenvalue weighted by atomic mass is 10.2. The zero-order valence-electron chi connectivity index (χ0n) is 13.6. The Hall–Kier alpha value is -2.24. The molecule has 0 radical (unpaired) electrons. The van der Waals surface area contributed by atoms with Gasteiger partial charge in [0.05, 0.1) is 28.8 Å². The third kappa shape index (κ3) is 5.96. The van der Waals surface area contributed by atoms with E-state index >= 15 is 0 Å². The fraction of sp³-hybridized carbons (Fsp3) is 0.222. The van der Waals surface area contributed by atoms with Gasteiger partial charge in [0.25, 0.3) is 0 Å². The smallest absolute Gasteiger partial charge is 0.338 e. The van der Waals surface area contributed by atoms with Gasteiger partial charge >= 0.3 is 5.97 Å². The first-order valence-electron chi connectivity index (χ1n) is 7.75. The Labute approximate surface area is 156 Å². The molecule has 0 aliphatic heterocycles. The topological polar surface area (TPSA) is 67.4 Å². The van der Waals surface area contributed by atoms with Gasteiger partial charge in [-0.05, 0) is 48.9 Å². The second kappa shape index (κ2) is 9.30. The zero-order chi connectivity index (χ0) is 18.2. The molecule has 5 nitrogen and oxygen atoms in total. The Morgan fingerprint density at radius 1 is 1.00 bits per heavy atom. The van der Waals surface area contributed by atoms with Gasteiger partial charge in [0.2, 0.25) is 5.91 Å². The molecule has 1 amide bonds. The molecule has 0 saturated heterocycles. The van der Waals surface area contributed by atoms with E-state index in [4.69, 9.17) is 27.9 Å². The summed E-state index contributed by atoms with van der Waals surface area (Å²) in [7, 11) is 0. The lowest BCUT2D eigenvalue weighted by Crippen LogP contribution is -2.21. The molecule has 0 fully saturated rings. The number of anilines is 2. The lowest BCUT2D eigenvalue weighted by Gasteiger charge is -2.09. The Morgan fingerprint density at radius 3 is 2.32 bits per heavy atom. The molecule has 25 heavy (non-hydrogen) atoms. The van der Waals surface area contributed by atoms with Gasteiger partial charge in [0, 0.05) is 11.4 Å². The van der Waals surface area contributed by atoms with Crippen LogP contribution in [-0.4, -0.2) is 25.0 Å². The molecule has 0 aliphatic rings. The van der Waals surface area contributed by atoms with Gasteiger partial charge in [-0.25, -0.2) is 4.79 Å². The van der Waals surface area contributed by atoms with Crippen LogP contribution < -0.4 is 10.6 Å². The van der Waals surface area contributed by atoms with Gasteiger partial charge in [-0.3, -0.25) is 4.79 Å². The molecule has 0 aromatic heterocycles. The summed E-state index contributed by atoms with van der Waals surface area (Å²) < 4.78 is 5.06. The number of nitrogens with one attached hydrogen (secondary N) is 2. The number of rotatable bonds is 7. The highest BCUT2D eigenvalue weighted by Gasteiger charge is 2.07. The first-order valence-corrected chi connectivity index (χ1v) is 8.51. The third-order valence-electron chi connectivity index (χ3n) is 3.21. The quantitative estimate of drug-likeness (QED) is 0.688. The number of carbonyl (C=O) groups excluding carboxylic acids is 2. The van der Waals surface area contributed by atoms with E-state index in [1.165, 1.54) is 0 Å². The Morgan fingerprint density at radius 2 is 1.68 bits per heavy atom. The molecule has 0 bridgehead atoms. The van der Waals surface area contributed by atoms with E-state index in [-0.39, 0.29) is 18.4 Å². The molecule has 2 aromatic rings. The number of esters is 1. The highest BCUT2D eigenvalue weighted by Crippen LogP contribution is 2.24. The van der Waals surface area contributed by atoms with E-state index in [9.17, 15) is 9.59 Å². The maximum Gasteiger partial charge on any atom is 0.338 e.